The molecule has 0 aromatic heterocycles. The highest BCUT2D eigenvalue weighted by molar-refractivity contribution is 7.99. The molecule has 2 N–H and O–H groups in total. The zero-order chi connectivity index (χ0) is 14.5. The van der Waals surface area contributed by atoms with Crippen LogP contribution in [0.5, 0.6) is 0 Å². The minimum Gasteiger partial charge on any atom is -0.480 e. The predicted octanol–water partition coefficient (Wildman–Crippen LogP) is 3.93. The maximum atomic E-state index is 11.3. The molecule has 1 aromatic rings. The fourth-order valence-corrected chi connectivity index (χ4v) is 2.79. The Labute approximate surface area is 127 Å². The molecule has 0 fully saturated rings. The van der Waals surface area contributed by atoms with Crippen molar-refractivity contribution in [2.45, 2.75) is 30.7 Å². The van der Waals surface area contributed by atoms with Crippen molar-refractivity contribution in [1.29, 1.82) is 0 Å². The Balaban J connectivity index is 2.70. The van der Waals surface area contributed by atoms with Gasteiger partial charge < -0.3 is 10.4 Å². The summed E-state index contributed by atoms with van der Waals surface area (Å²) in [5, 5.41) is 13.3. The van der Waals surface area contributed by atoms with Gasteiger partial charge in [0, 0.05) is 10.6 Å². The number of thioether (sulfide) groups is 1. The third-order valence-corrected chi connectivity index (χ3v) is 4.70. The molecular weight excluding hydrogens is 305 g/mol. The molecule has 0 aliphatic rings. The quantitative estimate of drug-likeness (QED) is 0.747. The highest BCUT2D eigenvalue weighted by Gasteiger charge is 2.32. The molecule has 1 atom stereocenters. The molecule has 0 radical (unpaired) electrons. The largest absolute Gasteiger partial charge is 0.480 e. The van der Waals surface area contributed by atoms with Crippen molar-refractivity contribution in [3.8, 4) is 0 Å². The van der Waals surface area contributed by atoms with Gasteiger partial charge in [0.2, 0.25) is 0 Å². The van der Waals surface area contributed by atoms with Crippen molar-refractivity contribution in [3.05, 3.63) is 28.2 Å². The fourth-order valence-electron chi connectivity index (χ4n) is 1.38. The van der Waals surface area contributed by atoms with Crippen LogP contribution in [0.25, 0.3) is 0 Å². The van der Waals surface area contributed by atoms with Gasteiger partial charge in [-0.15, -0.1) is 11.8 Å². The van der Waals surface area contributed by atoms with Crippen molar-refractivity contribution < 1.29 is 9.90 Å². The van der Waals surface area contributed by atoms with E-state index >= 15 is 0 Å². The van der Waals surface area contributed by atoms with Crippen LogP contribution in [-0.2, 0) is 4.79 Å². The molecule has 0 spiro atoms. The van der Waals surface area contributed by atoms with Crippen LogP contribution in [0, 0.1) is 0 Å². The SMILES string of the molecule is CCCNC(C)(CSc1ccc(Cl)c(Cl)c1)C(=O)O. The van der Waals surface area contributed by atoms with Crippen LogP contribution in [0.3, 0.4) is 0 Å². The summed E-state index contributed by atoms with van der Waals surface area (Å²) in [4.78, 5) is 12.2. The number of hydrogen-bond donors (Lipinski definition) is 2. The van der Waals surface area contributed by atoms with Crippen LogP contribution < -0.4 is 5.32 Å². The Morgan fingerprint density at radius 3 is 2.63 bits per heavy atom. The zero-order valence-corrected chi connectivity index (χ0v) is 13.2. The zero-order valence-electron chi connectivity index (χ0n) is 10.9. The first-order valence-electron chi connectivity index (χ1n) is 5.95. The molecule has 0 saturated carbocycles. The van der Waals surface area contributed by atoms with Crippen molar-refractivity contribution in [2.24, 2.45) is 0 Å². The van der Waals surface area contributed by atoms with E-state index < -0.39 is 11.5 Å². The topological polar surface area (TPSA) is 49.3 Å². The third-order valence-electron chi connectivity index (χ3n) is 2.66. The van der Waals surface area contributed by atoms with E-state index in [1.165, 1.54) is 11.8 Å². The molecule has 0 bridgehead atoms. The summed E-state index contributed by atoms with van der Waals surface area (Å²) in [6.45, 7) is 4.36. The summed E-state index contributed by atoms with van der Waals surface area (Å²) in [5.74, 6) is -0.436. The fraction of sp³-hybridized carbons (Fsp3) is 0.462. The van der Waals surface area contributed by atoms with Gasteiger partial charge in [0.15, 0.2) is 0 Å². The lowest BCUT2D eigenvalue weighted by Gasteiger charge is -2.25. The lowest BCUT2D eigenvalue weighted by Crippen LogP contribution is -2.51. The smallest absolute Gasteiger partial charge is 0.324 e. The van der Waals surface area contributed by atoms with E-state index in [1.807, 2.05) is 13.0 Å². The van der Waals surface area contributed by atoms with Crippen molar-refractivity contribution in [2.75, 3.05) is 12.3 Å². The summed E-state index contributed by atoms with van der Waals surface area (Å²) < 4.78 is 0. The molecule has 19 heavy (non-hydrogen) atoms. The van der Waals surface area contributed by atoms with E-state index in [2.05, 4.69) is 5.32 Å². The monoisotopic (exact) mass is 321 g/mol. The minimum absolute atomic E-state index is 0.417. The normalized spacial score (nSPS) is 14.1. The molecular formula is C13H17Cl2NO2S. The Morgan fingerprint density at radius 2 is 2.11 bits per heavy atom. The van der Waals surface area contributed by atoms with E-state index in [9.17, 15) is 9.90 Å². The number of carboxylic acids is 1. The van der Waals surface area contributed by atoms with Crippen molar-refractivity contribution in [3.63, 3.8) is 0 Å². The van der Waals surface area contributed by atoms with Gasteiger partial charge in [0.05, 0.1) is 10.0 Å². The second kappa shape index (κ2) is 7.39. The lowest BCUT2D eigenvalue weighted by molar-refractivity contribution is -0.143. The Kier molecular flexibility index (Phi) is 6.47. The predicted molar refractivity (Wildman–Crippen MR) is 81.5 cm³/mol. The molecule has 0 heterocycles. The van der Waals surface area contributed by atoms with Gasteiger partial charge in [-0.25, -0.2) is 0 Å². The Bertz CT molecular complexity index is 456. The summed E-state index contributed by atoms with van der Waals surface area (Å²) in [7, 11) is 0. The molecule has 3 nitrogen and oxygen atoms in total. The first-order valence-corrected chi connectivity index (χ1v) is 7.69. The number of aliphatic carboxylic acids is 1. The first-order chi connectivity index (χ1) is 8.89. The number of benzene rings is 1. The van der Waals surface area contributed by atoms with E-state index in [0.29, 0.717) is 22.3 Å². The first kappa shape index (κ1) is 16.6. The van der Waals surface area contributed by atoms with Gasteiger partial charge in [-0.05, 0) is 38.1 Å². The average Bonchev–Trinajstić information content (AvgIpc) is 2.37. The van der Waals surface area contributed by atoms with Gasteiger partial charge in [0.1, 0.15) is 5.54 Å². The molecule has 1 aromatic carbocycles. The Morgan fingerprint density at radius 1 is 1.42 bits per heavy atom. The molecule has 0 aliphatic heterocycles. The molecule has 0 saturated heterocycles. The molecule has 6 heteroatoms. The van der Waals surface area contributed by atoms with E-state index in [4.69, 9.17) is 23.2 Å². The van der Waals surface area contributed by atoms with Crippen LogP contribution in [0.1, 0.15) is 20.3 Å². The second-order valence-electron chi connectivity index (χ2n) is 4.43. The molecule has 106 valence electrons. The highest BCUT2D eigenvalue weighted by atomic mass is 35.5. The molecule has 1 unspecified atom stereocenters. The number of carboxylic acid groups (broad SMARTS) is 1. The standard InChI is InChI=1S/C13H17Cl2NO2S/c1-3-6-16-13(2,12(17)18)8-19-9-4-5-10(14)11(15)7-9/h4-5,7,16H,3,6,8H2,1-2H3,(H,17,18). The van der Waals surface area contributed by atoms with Gasteiger partial charge >= 0.3 is 5.97 Å². The third kappa shape index (κ3) is 4.88. The number of nitrogens with one attached hydrogen (secondary N) is 1. The van der Waals surface area contributed by atoms with Crippen LogP contribution >= 0.6 is 35.0 Å². The second-order valence-corrected chi connectivity index (χ2v) is 6.29. The minimum atomic E-state index is -0.952. The van der Waals surface area contributed by atoms with Crippen LogP contribution in [0.15, 0.2) is 23.1 Å². The van der Waals surface area contributed by atoms with Crippen LogP contribution in [-0.4, -0.2) is 28.9 Å². The van der Waals surface area contributed by atoms with Gasteiger partial charge in [-0.1, -0.05) is 30.1 Å². The molecule has 0 amide bonds. The van der Waals surface area contributed by atoms with E-state index in [1.54, 1.807) is 19.1 Å². The van der Waals surface area contributed by atoms with Crippen LogP contribution in [0.2, 0.25) is 10.0 Å². The molecule has 1 rings (SSSR count). The van der Waals surface area contributed by atoms with Crippen molar-refractivity contribution >= 4 is 40.9 Å². The number of hydrogen-bond acceptors (Lipinski definition) is 3. The van der Waals surface area contributed by atoms with Gasteiger partial charge in [0.25, 0.3) is 0 Å². The summed E-state index contributed by atoms with van der Waals surface area (Å²) >= 11 is 13.2. The van der Waals surface area contributed by atoms with Crippen molar-refractivity contribution in [1.82, 2.24) is 5.32 Å². The summed E-state index contributed by atoms with van der Waals surface area (Å²) in [5.41, 5.74) is -0.952. The maximum Gasteiger partial charge on any atom is 0.324 e. The van der Waals surface area contributed by atoms with Gasteiger partial charge in [-0.2, -0.15) is 0 Å². The van der Waals surface area contributed by atoms with E-state index in [-0.39, 0.29) is 0 Å². The number of halogens is 2. The van der Waals surface area contributed by atoms with Gasteiger partial charge in [-0.3, -0.25) is 4.79 Å². The summed E-state index contributed by atoms with van der Waals surface area (Å²) in [6.07, 6.45) is 0.889. The maximum absolute atomic E-state index is 11.3. The highest BCUT2D eigenvalue weighted by Crippen LogP contribution is 2.29. The Hall–Kier alpha value is -0.420. The van der Waals surface area contributed by atoms with Crippen LogP contribution in [0.4, 0.5) is 0 Å². The van der Waals surface area contributed by atoms with E-state index in [0.717, 1.165) is 11.3 Å². The lowest BCUT2D eigenvalue weighted by atomic mass is 10.1. The summed E-state index contributed by atoms with van der Waals surface area (Å²) in [6, 6.07) is 5.29. The number of carbonyl (C=O) groups is 1. The molecule has 0 aliphatic carbocycles. The number of rotatable bonds is 7. The average molecular weight is 322 g/mol.